The average molecular weight is 286 g/mol. The van der Waals surface area contributed by atoms with Gasteiger partial charge in [0.05, 0.1) is 16.7 Å². The molecule has 0 radical (unpaired) electrons. The van der Waals surface area contributed by atoms with Crippen molar-refractivity contribution in [1.29, 1.82) is 0 Å². The van der Waals surface area contributed by atoms with Crippen molar-refractivity contribution < 1.29 is 14.3 Å². The average Bonchev–Trinajstić information content (AvgIpc) is 2.37. The fourth-order valence-corrected chi connectivity index (χ4v) is 2.67. The normalized spacial score (nSPS) is 23.1. The highest BCUT2D eigenvalue weighted by atomic mass is 35.5. The quantitative estimate of drug-likeness (QED) is 0.897. The number of benzene rings is 1. The summed E-state index contributed by atoms with van der Waals surface area (Å²) in [4.78, 5) is 11.9. The third-order valence-electron chi connectivity index (χ3n) is 3.57. The van der Waals surface area contributed by atoms with Crippen LogP contribution in [-0.2, 0) is 0 Å². The Kier molecular flexibility index (Phi) is 4.77. The molecule has 0 saturated heterocycles. The number of halogens is 2. The van der Waals surface area contributed by atoms with Gasteiger partial charge in [0.25, 0.3) is 5.91 Å². The molecule has 1 amide bonds. The Labute approximate surface area is 116 Å². The predicted molar refractivity (Wildman–Crippen MR) is 71.7 cm³/mol. The second-order valence-electron chi connectivity index (χ2n) is 4.95. The van der Waals surface area contributed by atoms with Gasteiger partial charge in [0.1, 0.15) is 5.82 Å². The standard InChI is InChI=1S/C14H17ClFNO2/c15-12-7-10(16)5-6-11(12)14(19)17-8-9-3-1-2-4-13(9)18/h5-7,9,13,18H,1-4,8H2,(H,17,19). The van der Waals surface area contributed by atoms with E-state index in [0.717, 1.165) is 31.7 Å². The van der Waals surface area contributed by atoms with Gasteiger partial charge >= 0.3 is 0 Å². The fourth-order valence-electron chi connectivity index (χ4n) is 2.42. The number of hydrogen-bond donors (Lipinski definition) is 2. The molecule has 104 valence electrons. The van der Waals surface area contributed by atoms with Crippen LogP contribution in [0.3, 0.4) is 0 Å². The zero-order chi connectivity index (χ0) is 13.8. The molecule has 1 aromatic carbocycles. The molecule has 0 spiro atoms. The van der Waals surface area contributed by atoms with Crippen molar-refractivity contribution in [3.05, 3.63) is 34.6 Å². The summed E-state index contributed by atoms with van der Waals surface area (Å²) in [6, 6.07) is 3.69. The lowest BCUT2D eigenvalue weighted by Crippen LogP contribution is -2.36. The molecule has 2 rings (SSSR count). The highest BCUT2D eigenvalue weighted by Crippen LogP contribution is 2.24. The van der Waals surface area contributed by atoms with Gasteiger partial charge in [-0.2, -0.15) is 0 Å². The van der Waals surface area contributed by atoms with Gasteiger partial charge in [-0.15, -0.1) is 0 Å². The third-order valence-corrected chi connectivity index (χ3v) is 3.88. The lowest BCUT2D eigenvalue weighted by Gasteiger charge is -2.27. The van der Waals surface area contributed by atoms with Crippen LogP contribution in [0.4, 0.5) is 4.39 Å². The first-order valence-corrected chi connectivity index (χ1v) is 6.87. The van der Waals surface area contributed by atoms with Crippen molar-refractivity contribution >= 4 is 17.5 Å². The van der Waals surface area contributed by atoms with E-state index in [9.17, 15) is 14.3 Å². The maximum atomic E-state index is 12.9. The summed E-state index contributed by atoms with van der Waals surface area (Å²) in [6.07, 6.45) is 3.47. The summed E-state index contributed by atoms with van der Waals surface area (Å²) in [7, 11) is 0. The zero-order valence-corrected chi connectivity index (χ0v) is 11.3. The molecule has 1 aromatic rings. The van der Waals surface area contributed by atoms with Crippen LogP contribution in [0.1, 0.15) is 36.0 Å². The topological polar surface area (TPSA) is 49.3 Å². The van der Waals surface area contributed by atoms with E-state index in [0.29, 0.717) is 6.54 Å². The molecule has 1 fully saturated rings. The maximum absolute atomic E-state index is 12.9. The minimum atomic E-state index is -0.468. The summed E-state index contributed by atoms with van der Waals surface area (Å²) in [6.45, 7) is 0.424. The Morgan fingerprint density at radius 3 is 2.84 bits per heavy atom. The number of aliphatic hydroxyl groups excluding tert-OH is 1. The van der Waals surface area contributed by atoms with E-state index < -0.39 is 5.82 Å². The Morgan fingerprint density at radius 2 is 2.16 bits per heavy atom. The van der Waals surface area contributed by atoms with Gasteiger partial charge in [-0.3, -0.25) is 4.79 Å². The number of rotatable bonds is 3. The van der Waals surface area contributed by atoms with Gasteiger partial charge in [0.2, 0.25) is 0 Å². The summed E-state index contributed by atoms with van der Waals surface area (Å²) < 4.78 is 12.9. The highest BCUT2D eigenvalue weighted by Gasteiger charge is 2.23. The van der Waals surface area contributed by atoms with E-state index >= 15 is 0 Å². The van der Waals surface area contributed by atoms with Crippen LogP contribution in [0.25, 0.3) is 0 Å². The number of amides is 1. The Morgan fingerprint density at radius 1 is 1.42 bits per heavy atom. The second kappa shape index (κ2) is 6.35. The van der Waals surface area contributed by atoms with Gasteiger partial charge in [-0.1, -0.05) is 24.4 Å². The third kappa shape index (κ3) is 3.67. The molecule has 1 aliphatic carbocycles. The first-order valence-electron chi connectivity index (χ1n) is 6.49. The van der Waals surface area contributed by atoms with Crippen LogP contribution >= 0.6 is 11.6 Å². The lowest BCUT2D eigenvalue weighted by atomic mass is 9.86. The number of hydrogen-bond acceptors (Lipinski definition) is 2. The lowest BCUT2D eigenvalue weighted by molar-refractivity contribution is 0.0663. The number of nitrogens with one attached hydrogen (secondary N) is 1. The molecule has 2 N–H and O–H groups in total. The van der Waals surface area contributed by atoms with Gasteiger partial charge < -0.3 is 10.4 Å². The maximum Gasteiger partial charge on any atom is 0.252 e. The van der Waals surface area contributed by atoms with Crippen molar-refractivity contribution in [2.45, 2.75) is 31.8 Å². The van der Waals surface area contributed by atoms with Crippen LogP contribution in [-0.4, -0.2) is 23.7 Å². The summed E-state index contributed by atoms with van der Waals surface area (Å²) >= 11 is 5.82. The van der Waals surface area contributed by atoms with Crippen LogP contribution < -0.4 is 5.32 Å². The second-order valence-corrected chi connectivity index (χ2v) is 5.35. The van der Waals surface area contributed by atoms with E-state index in [2.05, 4.69) is 5.32 Å². The molecule has 0 aliphatic heterocycles. The van der Waals surface area contributed by atoms with Crippen molar-refractivity contribution in [3.63, 3.8) is 0 Å². The molecule has 1 saturated carbocycles. The van der Waals surface area contributed by atoms with E-state index in [4.69, 9.17) is 11.6 Å². The molecule has 0 bridgehead atoms. The minimum absolute atomic E-state index is 0.0944. The molecule has 0 aromatic heterocycles. The molecule has 3 nitrogen and oxygen atoms in total. The highest BCUT2D eigenvalue weighted by molar-refractivity contribution is 6.33. The fraction of sp³-hybridized carbons (Fsp3) is 0.500. The summed E-state index contributed by atoms with van der Waals surface area (Å²) in [5, 5.41) is 12.7. The predicted octanol–water partition coefficient (Wildman–Crippen LogP) is 2.76. The van der Waals surface area contributed by atoms with Crippen molar-refractivity contribution in [2.75, 3.05) is 6.54 Å². The summed E-state index contributed by atoms with van der Waals surface area (Å²) in [5.74, 6) is -0.705. The van der Waals surface area contributed by atoms with E-state index in [1.807, 2.05) is 0 Å². The van der Waals surface area contributed by atoms with Crippen LogP contribution in [0.15, 0.2) is 18.2 Å². The van der Waals surface area contributed by atoms with Gasteiger partial charge in [0.15, 0.2) is 0 Å². The smallest absolute Gasteiger partial charge is 0.252 e. The first-order chi connectivity index (χ1) is 9.08. The molecule has 2 unspecified atom stereocenters. The van der Waals surface area contributed by atoms with Gasteiger partial charge in [-0.05, 0) is 31.0 Å². The number of carbonyl (C=O) groups is 1. The van der Waals surface area contributed by atoms with Crippen molar-refractivity contribution in [2.24, 2.45) is 5.92 Å². The summed E-state index contributed by atoms with van der Waals surface area (Å²) in [5.41, 5.74) is 0.258. The molecule has 2 atom stereocenters. The van der Waals surface area contributed by atoms with E-state index in [-0.39, 0.29) is 28.5 Å². The zero-order valence-electron chi connectivity index (χ0n) is 10.5. The van der Waals surface area contributed by atoms with Crippen LogP contribution in [0.5, 0.6) is 0 Å². The molecular formula is C14H17ClFNO2. The van der Waals surface area contributed by atoms with Gasteiger partial charge in [0, 0.05) is 12.5 Å². The van der Waals surface area contributed by atoms with E-state index in [1.165, 1.54) is 12.1 Å². The molecule has 5 heteroatoms. The number of carbonyl (C=O) groups excluding carboxylic acids is 1. The largest absolute Gasteiger partial charge is 0.393 e. The SMILES string of the molecule is O=C(NCC1CCCCC1O)c1ccc(F)cc1Cl. The van der Waals surface area contributed by atoms with Crippen LogP contribution in [0.2, 0.25) is 5.02 Å². The molecule has 19 heavy (non-hydrogen) atoms. The van der Waals surface area contributed by atoms with Crippen molar-refractivity contribution in [3.8, 4) is 0 Å². The monoisotopic (exact) mass is 285 g/mol. The molecule has 0 heterocycles. The van der Waals surface area contributed by atoms with Crippen LogP contribution in [0, 0.1) is 11.7 Å². The minimum Gasteiger partial charge on any atom is -0.393 e. The Hall–Kier alpha value is -1.13. The van der Waals surface area contributed by atoms with Crippen molar-refractivity contribution in [1.82, 2.24) is 5.32 Å². The Balaban J connectivity index is 1.93. The first kappa shape index (κ1) is 14.3. The van der Waals surface area contributed by atoms with Gasteiger partial charge in [-0.25, -0.2) is 4.39 Å². The molecular weight excluding hydrogens is 269 g/mol. The Bertz CT molecular complexity index is 467. The molecule has 1 aliphatic rings. The number of aliphatic hydroxyl groups is 1. The van der Waals surface area contributed by atoms with E-state index in [1.54, 1.807) is 0 Å².